The molecule has 4 heteroatoms. The van der Waals surface area contributed by atoms with Crippen LogP contribution in [0, 0.1) is 5.82 Å². The first kappa shape index (κ1) is 13.0. The fourth-order valence-electron chi connectivity index (χ4n) is 2.53. The summed E-state index contributed by atoms with van der Waals surface area (Å²) in [6.07, 6.45) is 5.70. The second-order valence-corrected chi connectivity index (χ2v) is 4.89. The molecule has 1 aromatic rings. The van der Waals surface area contributed by atoms with Crippen molar-refractivity contribution in [2.45, 2.75) is 44.2 Å². The predicted molar refractivity (Wildman–Crippen MR) is 68.3 cm³/mol. The molecule has 1 aromatic carbocycles. The van der Waals surface area contributed by atoms with Gasteiger partial charge in [-0.1, -0.05) is 31.4 Å². The Hall–Kier alpha value is -1.42. The Morgan fingerprint density at radius 2 is 2.06 bits per heavy atom. The molecule has 0 spiro atoms. The maximum atomic E-state index is 13.2. The Labute approximate surface area is 107 Å². The van der Waals surface area contributed by atoms with Crippen LogP contribution in [0.5, 0.6) is 0 Å². The third kappa shape index (κ3) is 3.29. The average Bonchev–Trinajstić information content (AvgIpc) is 2.37. The third-order valence-corrected chi connectivity index (χ3v) is 3.47. The van der Waals surface area contributed by atoms with Gasteiger partial charge in [-0.25, -0.2) is 4.39 Å². The van der Waals surface area contributed by atoms with Gasteiger partial charge in [0.25, 0.3) is 0 Å². The fourth-order valence-corrected chi connectivity index (χ4v) is 2.53. The van der Waals surface area contributed by atoms with Crippen LogP contribution in [-0.2, 0) is 4.79 Å². The summed E-state index contributed by atoms with van der Waals surface area (Å²) in [5.41, 5.74) is 6.02. The molecule has 1 unspecified atom stereocenters. The lowest BCUT2D eigenvalue weighted by Crippen LogP contribution is -2.41. The molecule has 1 aliphatic rings. The van der Waals surface area contributed by atoms with Crippen molar-refractivity contribution in [3.8, 4) is 0 Å². The fraction of sp³-hybridized carbons (Fsp3) is 0.500. The predicted octanol–water partition coefficient (Wildman–Crippen LogP) is 2.27. The highest BCUT2D eigenvalue weighted by atomic mass is 19.1. The Balaban J connectivity index is 2.10. The first-order valence-corrected chi connectivity index (χ1v) is 6.47. The van der Waals surface area contributed by atoms with Gasteiger partial charge in [0.2, 0.25) is 5.91 Å². The number of nitrogens with one attached hydrogen (secondary N) is 1. The van der Waals surface area contributed by atoms with Gasteiger partial charge >= 0.3 is 0 Å². The van der Waals surface area contributed by atoms with Crippen molar-refractivity contribution in [2.75, 3.05) is 0 Å². The molecule has 3 nitrogen and oxygen atoms in total. The molecular weight excluding hydrogens is 231 g/mol. The normalized spacial score (nSPS) is 18.5. The second-order valence-electron chi connectivity index (χ2n) is 4.89. The largest absolute Gasteiger partial charge is 0.368 e. The van der Waals surface area contributed by atoms with Crippen LogP contribution < -0.4 is 11.1 Å². The first-order chi connectivity index (χ1) is 8.66. The first-order valence-electron chi connectivity index (χ1n) is 6.47. The molecule has 0 bridgehead atoms. The van der Waals surface area contributed by atoms with E-state index in [0.717, 1.165) is 12.8 Å². The zero-order chi connectivity index (χ0) is 13.0. The van der Waals surface area contributed by atoms with E-state index < -0.39 is 11.9 Å². The molecule has 3 N–H and O–H groups in total. The molecule has 1 fully saturated rings. The number of benzene rings is 1. The highest BCUT2D eigenvalue weighted by Gasteiger charge is 2.23. The second kappa shape index (κ2) is 5.96. The molecule has 0 saturated heterocycles. The van der Waals surface area contributed by atoms with Gasteiger partial charge in [-0.15, -0.1) is 0 Å². The lowest BCUT2D eigenvalue weighted by molar-refractivity contribution is -0.120. The van der Waals surface area contributed by atoms with Gasteiger partial charge in [0.05, 0.1) is 0 Å². The summed E-state index contributed by atoms with van der Waals surface area (Å²) in [6, 6.07) is 5.77. The number of nitrogens with two attached hydrogens (primary N) is 1. The third-order valence-electron chi connectivity index (χ3n) is 3.47. The molecule has 1 amide bonds. The Morgan fingerprint density at radius 1 is 1.33 bits per heavy atom. The van der Waals surface area contributed by atoms with Crippen LogP contribution in [0.2, 0.25) is 0 Å². The molecule has 98 valence electrons. The summed E-state index contributed by atoms with van der Waals surface area (Å²) >= 11 is 0. The number of hydrogen-bond acceptors (Lipinski definition) is 2. The van der Waals surface area contributed by atoms with Gasteiger partial charge in [-0.05, 0) is 30.5 Å². The van der Waals surface area contributed by atoms with Gasteiger partial charge in [0.1, 0.15) is 11.9 Å². The minimum absolute atomic E-state index is 0.305. The zero-order valence-corrected chi connectivity index (χ0v) is 10.4. The van der Waals surface area contributed by atoms with Crippen molar-refractivity contribution in [2.24, 2.45) is 5.73 Å². The summed E-state index contributed by atoms with van der Waals surface area (Å²) in [5.74, 6) is -0.796. The molecule has 0 aromatic heterocycles. The van der Waals surface area contributed by atoms with Crippen LogP contribution in [0.25, 0.3) is 0 Å². The molecule has 0 aliphatic heterocycles. The summed E-state index contributed by atoms with van der Waals surface area (Å²) in [7, 11) is 0. The quantitative estimate of drug-likeness (QED) is 0.861. The van der Waals surface area contributed by atoms with Crippen molar-refractivity contribution >= 4 is 5.91 Å². The monoisotopic (exact) mass is 250 g/mol. The highest BCUT2D eigenvalue weighted by Crippen LogP contribution is 2.22. The Bertz CT molecular complexity index is 416. The van der Waals surface area contributed by atoms with E-state index in [1.807, 2.05) is 0 Å². The van der Waals surface area contributed by atoms with Crippen molar-refractivity contribution in [1.29, 1.82) is 0 Å². The van der Waals surface area contributed by atoms with E-state index in [1.165, 1.54) is 31.4 Å². The van der Waals surface area contributed by atoms with Crippen LogP contribution in [0.4, 0.5) is 4.39 Å². The van der Waals surface area contributed by atoms with E-state index in [0.29, 0.717) is 11.6 Å². The van der Waals surface area contributed by atoms with Crippen LogP contribution in [-0.4, -0.2) is 11.9 Å². The van der Waals surface area contributed by atoms with E-state index >= 15 is 0 Å². The molecule has 18 heavy (non-hydrogen) atoms. The van der Waals surface area contributed by atoms with Crippen molar-refractivity contribution in [3.63, 3.8) is 0 Å². The average molecular weight is 250 g/mol. The van der Waals surface area contributed by atoms with Crippen LogP contribution in [0.15, 0.2) is 24.3 Å². The van der Waals surface area contributed by atoms with Gasteiger partial charge in [0, 0.05) is 6.04 Å². The number of carbonyl (C=O) groups excluding carboxylic acids is 1. The number of amides is 1. The van der Waals surface area contributed by atoms with Crippen molar-refractivity contribution in [1.82, 2.24) is 5.32 Å². The molecule has 0 radical (unpaired) electrons. The Morgan fingerprint density at radius 3 is 2.67 bits per heavy atom. The number of hydrogen-bond donors (Lipinski definition) is 2. The SMILES string of the molecule is NC(=O)C(NC1CCCCC1)c1cccc(F)c1. The maximum Gasteiger partial charge on any atom is 0.239 e. The molecule has 1 saturated carbocycles. The van der Waals surface area contributed by atoms with E-state index in [4.69, 9.17) is 5.73 Å². The minimum Gasteiger partial charge on any atom is -0.368 e. The van der Waals surface area contributed by atoms with Crippen LogP contribution >= 0.6 is 0 Å². The molecular formula is C14H19FN2O. The zero-order valence-electron chi connectivity index (χ0n) is 10.4. The van der Waals surface area contributed by atoms with E-state index in [1.54, 1.807) is 12.1 Å². The summed E-state index contributed by atoms with van der Waals surface area (Å²) in [6.45, 7) is 0. The molecule has 2 rings (SSSR count). The van der Waals surface area contributed by atoms with E-state index in [-0.39, 0.29) is 5.82 Å². The number of carbonyl (C=O) groups is 1. The highest BCUT2D eigenvalue weighted by molar-refractivity contribution is 5.81. The van der Waals surface area contributed by atoms with E-state index in [9.17, 15) is 9.18 Å². The minimum atomic E-state index is -0.594. The van der Waals surface area contributed by atoms with Gasteiger partial charge in [-0.3, -0.25) is 10.1 Å². The van der Waals surface area contributed by atoms with Crippen molar-refractivity contribution < 1.29 is 9.18 Å². The van der Waals surface area contributed by atoms with Gasteiger partial charge in [0.15, 0.2) is 0 Å². The number of primary amides is 1. The Kier molecular flexibility index (Phi) is 4.31. The molecule has 1 atom stereocenters. The van der Waals surface area contributed by atoms with Crippen LogP contribution in [0.1, 0.15) is 43.7 Å². The lowest BCUT2D eigenvalue weighted by atomic mass is 9.94. The summed E-state index contributed by atoms with van der Waals surface area (Å²) < 4.78 is 13.2. The van der Waals surface area contributed by atoms with Crippen molar-refractivity contribution in [3.05, 3.63) is 35.6 Å². The topological polar surface area (TPSA) is 55.1 Å². The standard InChI is InChI=1S/C14H19FN2O/c15-11-6-4-5-10(9-11)13(14(16)18)17-12-7-2-1-3-8-12/h4-6,9,12-13,17H,1-3,7-8H2,(H2,16,18). The maximum absolute atomic E-state index is 13.2. The van der Waals surface area contributed by atoms with Crippen LogP contribution in [0.3, 0.4) is 0 Å². The molecule has 0 heterocycles. The van der Waals surface area contributed by atoms with E-state index in [2.05, 4.69) is 5.32 Å². The number of rotatable bonds is 4. The van der Waals surface area contributed by atoms with Gasteiger partial charge in [-0.2, -0.15) is 0 Å². The lowest BCUT2D eigenvalue weighted by Gasteiger charge is -2.27. The smallest absolute Gasteiger partial charge is 0.239 e. The summed E-state index contributed by atoms with van der Waals surface area (Å²) in [5, 5.41) is 3.26. The summed E-state index contributed by atoms with van der Waals surface area (Å²) in [4.78, 5) is 11.5. The number of halogens is 1. The van der Waals surface area contributed by atoms with Gasteiger partial charge < -0.3 is 5.73 Å². The molecule has 1 aliphatic carbocycles.